The summed E-state index contributed by atoms with van der Waals surface area (Å²) in [7, 11) is 0. The molecule has 2 N–H and O–H groups in total. The van der Waals surface area contributed by atoms with E-state index in [-0.39, 0.29) is 34.5 Å². The Kier molecular flexibility index (Phi) is 5.40. The molecule has 186 valence electrons. The van der Waals surface area contributed by atoms with E-state index in [4.69, 9.17) is 5.26 Å². The number of rotatable bonds is 6. The number of nitrogens with one attached hydrogen (secondary N) is 2. The van der Waals surface area contributed by atoms with Gasteiger partial charge in [0, 0.05) is 31.5 Å². The maximum absolute atomic E-state index is 14.2. The van der Waals surface area contributed by atoms with Crippen LogP contribution in [-0.4, -0.2) is 60.3 Å². The second kappa shape index (κ2) is 8.77. The smallest absolute Gasteiger partial charge is 0.255 e. The number of aromatic amines is 1. The lowest BCUT2D eigenvalue weighted by Gasteiger charge is -2.37. The summed E-state index contributed by atoms with van der Waals surface area (Å²) in [5.74, 6) is -1.94. The molecule has 10 nitrogen and oxygen atoms in total. The number of hydrogen-bond donors (Lipinski definition) is 2. The Morgan fingerprint density at radius 3 is 2.76 bits per heavy atom. The molecule has 1 aromatic carbocycles. The van der Waals surface area contributed by atoms with Gasteiger partial charge in [-0.15, -0.1) is 0 Å². The minimum Gasteiger partial charge on any atom is -0.344 e. The molecule has 1 aliphatic carbocycles. The largest absolute Gasteiger partial charge is 0.344 e. The molecule has 1 saturated carbocycles. The summed E-state index contributed by atoms with van der Waals surface area (Å²) in [5, 5.41) is 11.8. The number of imidazole rings is 1. The van der Waals surface area contributed by atoms with Crippen molar-refractivity contribution in [2.45, 2.75) is 18.9 Å². The third-order valence-electron chi connectivity index (χ3n) is 6.68. The molecule has 4 aromatic rings. The van der Waals surface area contributed by atoms with Gasteiger partial charge in [0.05, 0.1) is 29.4 Å². The average molecular weight is 502 g/mol. The van der Waals surface area contributed by atoms with Gasteiger partial charge in [0.1, 0.15) is 40.9 Å². The van der Waals surface area contributed by atoms with Crippen LogP contribution in [0.5, 0.6) is 0 Å². The Morgan fingerprint density at radius 1 is 1.19 bits per heavy atom. The Balaban J connectivity index is 1.25. The molecule has 12 heteroatoms. The number of aromatic nitrogens is 5. The predicted octanol–water partition coefficient (Wildman–Crippen LogP) is 2.58. The quantitative estimate of drug-likeness (QED) is 0.417. The summed E-state index contributed by atoms with van der Waals surface area (Å²) in [5.41, 5.74) is 1.55. The lowest BCUT2D eigenvalue weighted by atomic mass is 9.99. The van der Waals surface area contributed by atoms with Gasteiger partial charge in [0.2, 0.25) is 5.91 Å². The van der Waals surface area contributed by atoms with Crippen molar-refractivity contribution in [3.63, 3.8) is 0 Å². The minimum atomic E-state index is -0.662. The third kappa shape index (κ3) is 4.18. The summed E-state index contributed by atoms with van der Waals surface area (Å²) in [4.78, 5) is 43.8. The molecule has 3 aromatic heterocycles. The van der Waals surface area contributed by atoms with E-state index >= 15 is 0 Å². The second-order valence-corrected chi connectivity index (χ2v) is 9.27. The first-order valence-corrected chi connectivity index (χ1v) is 11.7. The van der Waals surface area contributed by atoms with E-state index in [2.05, 4.69) is 31.3 Å². The molecule has 2 fully saturated rings. The number of likely N-dealkylation sites (tertiary alicyclic amines) is 1. The van der Waals surface area contributed by atoms with E-state index in [0.717, 1.165) is 31.0 Å². The van der Waals surface area contributed by atoms with Crippen molar-refractivity contribution in [3.8, 4) is 23.1 Å². The van der Waals surface area contributed by atoms with E-state index < -0.39 is 23.6 Å². The van der Waals surface area contributed by atoms with Crippen molar-refractivity contribution in [2.24, 2.45) is 11.8 Å². The van der Waals surface area contributed by atoms with Crippen LogP contribution in [0.2, 0.25) is 0 Å². The second-order valence-electron chi connectivity index (χ2n) is 9.27. The molecular weight excluding hydrogens is 482 g/mol. The highest BCUT2D eigenvalue weighted by Gasteiger charge is 2.43. The van der Waals surface area contributed by atoms with Gasteiger partial charge in [-0.25, -0.2) is 23.7 Å². The lowest BCUT2D eigenvalue weighted by molar-refractivity contribution is -0.138. The maximum Gasteiger partial charge on any atom is 0.255 e. The highest BCUT2D eigenvalue weighted by molar-refractivity contribution is 6.06. The van der Waals surface area contributed by atoms with Crippen LogP contribution in [0.25, 0.3) is 28.2 Å². The predicted molar refractivity (Wildman–Crippen MR) is 126 cm³/mol. The molecule has 0 bridgehead atoms. The van der Waals surface area contributed by atoms with Crippen LogP contribution in [0.1, 0.15) is 23.2 Å². The first-order chi connectivity index (χ1) is 17.9. The molecule has 4 heterocycles. The summed E-state index contributed by atoms with van der Waals surface area (Å²) >= 11 is 0. The fraction of sp³-hybridized carbons (Fsp3) is 0.280. The molecule has 37 heavy (non-hydrogen) atoms. The van der Waals surface area contributed by atoms with E-state index in [9.17, 15) is 18.4 Å². The summed E-state index contributed by atoms with van der Waals surface area (Å²) in [6, 6.07) is 4.60. The number of fused-ring (bicyclic) bond motifs is 1. The Hall–Kier alpha value is -4.66. The number of H-pyrrole nitrogens is 1. The van der Waals surface area contributed by atoms with Crippen LogP contribution in [0.15, 0.2) is 43.1 Å². The number of benzene rings is 1. The molecular formula is C25H20F2N8O2. The number of nitrogens with zero attached hydrogens (tertiary/aromatic N) is 6. The van der Waals surface area contributed by atoms with Crippen LogP contribution < -0.4 is 5.32 Å². The van der Waals surface area contributed by atoms with Crippen LogP contribution in [0.4, 0.5) is 8.78 Å². The molecule has 0 unspecified atom stereocenters. The van der Waals surface area contributed by atoms with E-state index in [1.54, 1.807) is 4.90 Å². The molecule has 6 rings (SSSR count). The number of nitriles is 1. The highest BCUT2D eigenvalue weighted by atomic mass is 19.1. The highest BCUT2D eigenvalue weighted by Crippen LogP contribution is 2.35. The number of carbonyl (C=O) groups excluding carboxylic acids is 2. The van der Waals surface area contributed by atoms with Crippen molar-refractivity contribution in [2.75, 3.05) is 13.1 Å². The fourth-order valence-corrected chi connectivity index (χ4v) is 4.43. The zero-order valence-corrected chi connectivity index (χ0v) is 19.4. The van der Waals surface area contributed by atoms with E-state index in [1.165, 1.54) is 29.5 Å². The summed E-state index contributed by atoms with van der Waals surface area (Å²) in [6.45, 7) is 0.755. The number of halogens is 2. The average Bonchev–Trinajstić information content (AvgIpc) is 3.42. The summed E-state index contributed by atoms with van der Waals surface area (Å²) in [6.07, 6.45) is 7.46. The zero-order valence-electron chi connectivity index (χ0n) is 19.4. The van der Waals surface area contributed by atoms with Gasteiger partial charge in [-0.3, -0.25) is 9.59 Å². The van der Waals surface area contributed by atoms with Gasteiger partial charge < -0.3 is 19.8 Å². The van der Waals surface area contributed by atoms with Crippen LogP contribution in [0, 0.1) is 34.8 Å². The Bertz CT molecular complexity index is 1580. The molecule has 1 aliphatic heterocycles. The van der Waals surface area contributed by atoms with Gasteiger partial charge in [-0.1, -0.05) is 0 Å². The Morgan fingerprint density at radius 2 is 2.00 bits per heavy atom. The van der Waals surface area contributed by atoms with E-state index in [1.807, 2.05) is 0 Å². The van der Waals surface area contributed by atoms with Crippen LogP contribution in [-0.2, 0) is 4.79 Å². The minimum absolute atomic E-state index is 0.00595. The van der Waals surface area contributed by atoms with Crippen molar-refractivity contribution >= 4 is 23.0 Å². The van der Waals surface area contributed by atoms with Crippen molar-refractivity contribution < 1.29 is 18.4 Å². The fourth-order valence-electron chi connectivity index (χ4n) is 4.43. The van der Waals surface area contributed by atoms with Gasteiger partial charge in [-0.2, -0.15) is 5.26 Å². The lowest BCUT2D eigenvalue weighted by Crippen LogP contribution is -2.57. The maximum atomic E-state index is 14.2. The van der Waals surface area contributed by atoms with E-state index in [0.29, 0.717) is 30.1 Å². The van der Waals surface area contributed by atoms with Crippen molar-refractivity contribution in [3.05, 3.63) is 60.3 Å². The van der Waals surface area contributed by atoms with Crippen LogP contribution >= 0.6 is 0 Å². The normalized spacial score (nSPS) is 16.3. The van der Waals surface area contributed by atoms with Crippen molar-refractivity contribution in [1.82, 2.24) is 34.7 Å². The number of carbonyl (C=O) groups is 2. The zero-order chi connectivity index (χ0) is 25.7. The van der Waals surface area contributed by atoms with Gasteiger partial charge >= 0.3 is 0 Å². The molecule has 0 spiro atoms. The topological polar surface area (TPSA) is 133 Å². The molecule has 0 radical (unpaired) electrons. The first kappa shape index (κ1) is 22.8. The monoisotopic (exact) mass is 502 g/mol. The standard InChI is InChI=1S/C25H20F2N8O2/c26-15-3-4-17(27)20(5-15)35-11-19(31-12-35)18-8-30-23-22(32-18)16(7-29-23)24(36)33-21(14-1-2-14)25(37)34-9-13(6-28)10-34/h3-5,7-8,11-14,21H,1-2,9-10H2,(H,29,30)(H,33,36)/t21-/m1/s1. The van der Waals surface area contributed by atoms with Gasteiger partial charge in [-0.05, 0) is 30.9 Å². The molecule has 2 aliphatic rings. The molecule has 2 amide bonds. The first-order valence-electron chi connectivity index (χ1n) is 11.7. The van der Waals surface area contributed by atoms with Crippen LogP contribution in [0.3, 0.4) is 0 Å². The third-order valence-corrected chi connectivity index (χ3v) is 6.68. The van der Waals surface area contributed by atoms with Crippen molar-refractivity contribution in [1.29, 1.82) is 5.26 Å². The number of amides is 2. The SMILES string of the molecule is N#CC1CN(C(=O)[C@H](NC(=O)c2c[nH]c3ncc(-c4cn(-c5cc(F)ccc5F)cn4)nc23)C2CC2)C1. The number of hydrogen-bond acceptors (Lipinski definition) is 6. The Labute approximate surface area is 209 Å². The van der Waals surface area contributed by atoms with Gasteiger partial charge in [0.25, 0.3) is 5.91 Å². The summed E-state index contributed by atoms with van der Waals surface area (Å²) < 4.78 is 29.1. The van der Waals surface area contributed by atoms with Gasteiger partial charge in [0.15, 0.2) is 5.65 Å². The molecule has 1 saturated heterocycles. The molecule has 1 atom stereocenters.